The van der Waals surface area contributed by atoms with Crippen molar-refractivity contribution >= 4 is 17.3 Å². The molecule has 120 valence electrons. The summed E-state index contributed by atoms with van der Waals surface area (Å²) < 4.78 is 5.88. The molecule has 0 saturated carbocycles. The molecule has 1 fully saturated rings. The third kappa shape index (κ3) is 3.69. The average Bonchev–Trinajstić information content (AvgIpc) is 2.57. The second kappa shape index (κ2) is 7.08. The van der Waals surface area contributed by atoms with Crippen LogP contribution in [-0.2, 0) is 11.3 Å². The monoisotopic (exact) mass is 332 g/mol. The fourth-order valence-electron chi connectivity index (χ4n) is 2.80. The number of halogens is 1. The van der Waals surface area contributed by atoms with Crippen LogP contribution in [0.2, 0.25) is 5.02 Å². The normalized spacial score (nSPS) is 18.7. The van der Waals surface area contributed by atoms with E-state index in [1.165, 1.54) is 11.6 Å². The summed E-state index contributed by atoms with van der Waals surface area (Å²) >= 11 is 5.90. The van der Waals surface area contributed by atoms with Crippen molar-refractivity contribution in [1.29, 1.82) is 0 Å². The minimum Gasteiger partial charge on any atom is -0.359 e. The quantitative estimate of drug-likeness (QED) is 0.623. The van der Waals surface area contributed by atoms with Crippen molar-refractivity contribution in [3.8, 4) is 0 Å². The molecule has 0 N–H and O–H groups in total. The van der Waals surface area contributed by atoms with Gasteiger partial charge >= 0.3 is 0 Å². The summed E-state index contributed by atoms with van der Waals surface area (Å²) in [5, 5.41) is 11.2. The molecule has 23 heavy (non-hydrogen) atoms. The maximum Gasteiger partial charge on any atom is 0.288 e. The van der Waals surface area contributed by atoms with Crippen LogP contribution in [0.3, 0.4) is 0 Å². The molecule has 1 atom stereocenters. The lowest BCUT2D eigenvalue weighted by Crippen LogP contribution is -2.36. The molecule has 0 radical (unpaired) electrons. The van der Waals surface area contributed by atoms with Crippen molar-refractivity contribution in [3.63, 3.8) is 0 Å². The molecule has 6 heteroatoms. The zero-order valence-corrected chi connectivity index (χ0v) is 13.3. The second-order valence-corrected chi connectivity index (χ2v) is 5.91. The molecule has 0 aromatic heterocycles. The molecular weight excluding hydrogens is 316 g/mol. The summed E-state index contributed by atoms with van der Waals surface area (Å²) in [4.78, 5) is 12.8. The highest BCUT2D eigenvalue weighted by Gasteiger charge is 2.27. The molecule has 2 aromatic carbocycles. The fraction of sp³-hybridized carbons (Fsp3) is 0.294. The van der Waals surface area contributed by atoms with Gasteiger partial charge in [-0.15, -0.1) is 0 Å². The van der Waals surface area contributed by atoms with E-state index < -0.39 is 4.92 Å². The standard InChI is InChI=1S/C17H17ClN2O3/c18-15-8-7-14(11-16(15)20(21)22)17-19(9-4-10-23-17)12-13-5-2-1-3-6-13/h1-3,5-8,11,17H,4,9-10,12H2/t17-/m0/s1. The van der Waals surface area contributed by atoms with Crippen LogP contribution in [0.15, 0.2) is 48.5 Å². The molecule has 0 amide bonds. The first-order valence-corrected chi connectivity index (χ1v) is 7.86. The highest BCUT2D eigenvalue weighted by molar-refractivity contribution is 6.32. The number of nitro benzene ring substituents is 1. The van der Waals surface area contributed by atoms with Crippen molar-refractivity contribution < 1.29 is 9.66 Å². The third-order valence-corrected chi connectivity index (χ3v) is 4.20. The maximum atomic E-state index is 11.1. The van der Waals surface area contributed by atoms with E-state index in [1.807, 2.05) is 18.2 Å². The largest absolute Gasteiger partial charge is 0.359 e. The van der Waals surface area contributed by atoms with Crippen LogP contribution >= 0.6 is 11.6 Å². The molecule has 1 aliphatic rings. The van der Waals surface area contributed by atoms with Crippen molar-refractivity contribution in [3.05, 3.63) is 74.8 Å². The number of hydrogen-bond donors (Lipinski definition) is 0. The van der Waals surface area contributed by atoms with Crippen LogP contribution in [0.25, 0.3) is 0 Å². The highest BCUT2D eigenvalue weighted by atomic mass is 35.5. The van der Waals surface area contributed by atoms with Crippen molar-refractivity contribution in [1.82, 2.24) is 4.90 Å². The van der Waals surface area contributed by atoms with Crippen molar-refractivity contribution in [2.45, 2.75) is 19.2 Å². The van der Waals surface area contributed by atoms with E-state index >= 15 is 0 Å². The number of hydrogen-bond acceptors (Lipinski definition) is 4. The zero-order valence-electron chi connectivity index (χ0n) is 12.5. The van der Waals surface area contributed by atoms with Crippen LogP contribution in [0.1, 0.15) is 23.8 Å². The van der Waals surface area contributed by atoms with Gasteiger partial charge in [0.05, 0.1) is 11.5 Å². The van der Waals surface area contributed by atoms with Gasteiger partial charge < -0.3 is 4.74 Å². The Kier molecular flexibility index (Phi) is 4.91. The Morgan fingerprint density at radius 2 is 2.04 bits per heavy atom. The minimum atomic E-state index is -0.462. The van der Waals surface area contributed by atoms with Gasteiger partial charge in [-0.3, -0.25) is 15.0 Å². The Morgan fingerprint density at radius 1 is 1.26 bits per heavy atom. The van der Waals surface area contributed by atoms with Gasteiger partial charge in [0.25, 0.3) is 5.69 Å². The summed E-state index contributed by atoms with van der Waals surface area (Å²) in [7, 11) is 0. The Hall–Kier alpha value is -1.95. The number of nitrogens with zero attached hydrogens (tertiary/aromatic N) is 2. The number of ether oxygens (including phenoxy) is 1. The molecule has 0 unspecified atom stereocenters. The lowest BCUT2D eigenvalue weighted by atomic mass is 10.1. The van der Waals surface area contributed by atoms with E-state index in [2.05, 4.69) is 17.0 Å². The number of benzene rings is 2. The summed E-state index contributed by atoms with van der Waals surface area (Å²) in [5.41, 5.74) is 1.86. The maximum absolute atomic E-state index is 11.1. The Labute approximate surface area is 139 Å². The van der Waals surface area contributed by atoms with Crippen molar-refractivity contribution in [2.24, 2.45) is 0 Å². The van der Waals surface area contributed by atoms with Gasteiger partial charge in [-0.1, -0.05) is 48.0 Å². The molecule has 3 rings (SSSR count). The SMILES string of the molecule is O=[N+]([O-])c1cc([C@@H]2OCCCN2Cc2ccccc2)ccc1Cl. The van der Waals surface area contributed by atoms with Crippen LogP contribution < -0.4 is 0 Å². The van der Waals surface area contributed by atoms with Gasteiger partial charge in [0.2, 0.25) is 0 Å². The average molecular weight is 333 g/mol. The van der Waals surface area contributed by atoms with E-state index in [-0.39, 0.29) is 16.9 Å². The van der Waals surface area contributed by atoms with E-state index in [0.717, 1.165) is 25.1 Å². The molecule has 1 aliphatic heterocycles. The Morgan fingerprint density at radius 3 is 2.78 bits per heavy atom. The molecule has 0 spiro atoms. The van der Waals surface area contributed by atoms with Crippen LogP contribution in [0.4, 0.5) is 5.69 Å². The topological polar surface area (TPSA) is 55.6 Å². The van der Waals surface area contributed by atoms with E-state index in [9.17, 15) is 10.1 Å². The lowest BCUT2D eigenvalue weighted by Gasteiger charge is -2.35. The zero-order chi connectivity index (χ0) is 16.2. The molecule has 5 nitrogen and oxygen atoms in total. The van der Waals surface area contributed by atoms with E-state index in [1.54, 1.807) is 12.1 Å². The predicted molar refractivity (Wildman–Crippen MR) is 88.3 cm³/mol. The van der Waals surface area contributed by atoms with Gasteiger partial charge in [0, 0.05) is 24.7 Å². The summed E-state index contributed by atoms with van der Waals surface area (Å²) in [6.45, 7) is 2.27. The van der Waals surface area contributed by atoms with Crippen LogP contribution in [-0.4, -0.2) is 23.0 Å². The summed E-state index contributed by atoms with van der Waals surface area (Å²) in [5.74, 6) is 0. The van der Waals surface area contributed by atoms with E-state index in [4.69, 9.17) is 16.3 Å². The molecule has 0 bridgehead atoms. The second-order valence-electron chi connectivity index (χ2n) is 5.50. The van der Waals surface area contributed by atoms with Gasteiger partial charge in [0.15, 0.2) is 0 Å². The van der Waals surface area contributed by atoms with Gasteiger partial charge in [-0.2, -0.15) is 0 Å². The van der Waals surface area contributed by atoms with E-state index in [0.29, 0.717) is 6.61 Å². The Bertz CT molecular complexity index is 693. The van der Waals surface area contributed by atoms with Crippen LogP contribution in [0.5, 0.6) is 0 Å². The van der Waals surface area contributed by atoms with Crippen molar-refractivity contribution in [2.75, 3.05) is 13.2 Å². The first-order valence-electron chi connectivity index (χ1n) is 7.48. The summed E-state index contributed by atoms with van der Waals surface area (Å²) in [6.07, 6.45) is 0.652. The number of nitro groups is 1. The van der Waals surface area contributed by atoms with Gasteiger partial charge in [-0.05, 0) is 18.1 Å². The first kappa shape index (κ1) is 15.9. The summed E-state index contributed by atoms with van der Waals surface area (Å²) in [6, 6.07) is 15.0. The minimum absolute atomic E-state index is 0.0852. The van der Waals surface area contributed by atoms with Gasteiger partial charge in [-0.25, -0.2) is 0 Å². The fourth-order valence-corrected chi connectivity index (χ4v) is 2.98. The molecule has 0 aliphatic carbocycles. The van der Waals surface area contributed by atoms with Gasteiger partial charge in [0.1, 0.15) is 11.3 Å². The number of rotatable bonds is 4. The molecule has 1 heterocycles. The third-order valence-electron chi connectivity index (χ3n) is 3.88. The predicted octanol–water partition coefficient (Wildman–Crippen LogP) is 4.17. The van der Waals surface area contributed by atoms with Crippen LogP contribution in [0, 0.1) is 10.1 Å². The highest BCUT2D eigenvalue weighted by Crippen LogP contribution is 2.33. The molecular formula is C17H17ClN2O3. The smallest absolute Gasteiger partial charge is 0.288 e. The molecule has 2 aromatic rings. The Balaban J connectivity index is 1.86. The molecule has 1 saturated heterocycles. The first-order chi connectivity index (χ1) is 11.1. The lowest BCUT2D eigenvalue weighted by molar-refractivity contribution is -0.384.